The Morgan fingerprint density at radius 3 is 3.05 bits per heavy atom. The second-order valence-electron chi connectivity index (χ2n) is 6.53. The van der Waals surface area contributed by atoms with E-state index in [2.05, 4.69) is 17.2 Å². The van der Waals surface area contributed by atoms with Gasteiger partial charge in [-0.2, -0.15) is 0 Å². The number of nitrogens with one attached hydrogen (secondary N) is 1. The molecular weight excluding hydrogens is 286 g/mol. The van der Waals surface area contributed by atoms with Crippen LogP contribution in [0.5, 0.6) is 0 Å². The van der Waals surface area contributed by atoms with Crippen LogP contribution in [-0.4, -0.2) is 29.1 Å². The Labute approximate surface area is 129 Å². The third-order valence-corrected chi connectivity index (χ3v) is 6.32. The summed E-state index contributed by atoms with van der Waals surface area (Å²) in [5.74, 6) is 0.0579. The van der Waals surface area contributed by atoms with Crippen molar-refractivity contribution < 1.29 is 9.53 Å². The maximum absolute atomic E-state index is 12.6. The zero-order valence-corrected chi connectivity index (χ0v) is 13.6. The minimum absolute atomic E-state index is 0.0764. The van der Waals surface area contributed by atoms with Crippen LogP contribution in [0.4, 0.5) is 0 Å². The number of hydrogen-bond donors (Lipinski definition) is 2. The van der Waals surface area contributed by atoms with Crippen LogP contribution in [0, 0.1) is 11.3 Å². The highest BCUT2D eigenvalue weighted by atomic mass is 32.1. The molecule has 1 amide bonds. The van der Waals surface area contributed by atoms with Crippen LogP contribution in [0.2, 0.25) is 0 Å². The first kappa shape index (κ1) is 14.9. The van der Waals surface area contributed by atoms with Gasteiger partial charge in [0.05, 0.1) is 12.6 Å². The van der Waals surface area contributed by atoms with E-state index in [1.54, 1.807) is 11.3 Å². The zero-order valence-electron chi connectivity index (χ0n) is 12.8. The van der Waals surface area contributed by atoms with Crippen molar-refractivity contribution in [3.63, 3.8) is 0 Å². The van der Waals surface area contributed by atoms with E-state index in [4.69, 9.17) is 10.5 Å². The molecule has 5 nitrogen and oxygen atoms in total. The summed E-state index contributed by atoms with van der Waals surface area (Å²) < 4.78 is 5.72. The van der Waals surface area contributed by atoms with Crippen molar-refractivity contribution >= 4 is 17.2 Å². The normalized spacial score (nSPS) is 33.3. The summed E-state index contributed by atoms with van der Waals surface area (Å²) in [4.78, 5) is 18.2. The summed E-state index contributed by atoms with van der Waals surface area (Å²) in [6.45, 7) is 7.31. The molecule has 0 aromatic carbocycles. The molecule has 0 bridgehead atoms. The van der Waals surface area contributed by atoms with Crippen molar-refractivity contribution in [2.24, 2.45) is 17.1 Å². The lowest BCUT2D eigenvalue weighted by Gasteiger charge is -2.60. The van der Waals surface area contributed by atoms with Crippen molar-refractivity contribution in [3.8, 4) is 0 Å². The number of aromatic nitrogens is 1. The van der Waals surface area contributed by atoms with Crippen LogP contribution < -0.4 is 11.1 Å². The number of nitrogens with two attached hydrogens (primary N) is 1. The number of amides is 1. The number of fused-ring (bicyclic) bond motifs is 1. The molecule has 2 fully saturated rings. The Bertz CT molecular complexity index is 557. The molecule has 3 atom stereocenters. The van der Waals surface area contributed by atoms with Gasteiger partial charge in [0, 0.05) is 29.0 Å². The van der Waals surface area contributed by atoms with Crippen LogP contribution in [0.1, 0.15) is 37.1 Å². The monoisotopic (exact) mass is 309 g/mol. The molecule has 2 heterocycles. The highest BCUT2D eigenvalue weighted by Gasteiger charge is 2.71. The van der Waals surface area contributed by atoms with Crippen molar-refractivity contribution in [2.75, 3.05) is 6.61 Å². The second-order valence-corrected chi connectivity index (χ2v) is 7.73. The molecule has 3 rings (SSSR count). The third-order valence-electron chi connectivity index (χ3n) is 5.18. The van der Waals surface area contributed by atoms with E-state index < -0.39 is 5.54 Å². The van der Waals surface area contributed by atoms with E-state index >= 15 is 0 Å². The van der Waals surface area contributed by atoms with E-state index in [1.165, 1.54) is 4.88 Å². The number of aryl methyl sites for hydroxylation is 1. The fourth-order valence-electron chi connectivity index (χ4n) is 3.74. The molecule has 0 radical (unpaired) electrons. The molecule has 2 aliphatic rings. The zero-order chi connectivity index (χ0) is 15.3. The van der Waals surface area contributed by atoms with Gasteiger partial charge in [0.25, 0.3) is 0 Å². The van der Waals surface area contributed by atoms with E-state index in [1.807, 2.05) is 20.0 Å². The van der Waals surface area contributed by atoms with Crippen molar-refractivity contribution in [1.29, 1.82) is 0 Å². The van der Waals surface area contributed by atoms with Gasteiger partial charge in [0.15, 0.2) is 0 Å². The number of carbonyl (C=O) groups is 1. The summed E-state index contributed by atoms with van der Waals surface area (Å²) in [5.41, 5.74) is 5.34. The molecule has 3 unspecified atom stereocenters. The van der Waals surface area contributed by atoms with Crippen molar-refractivity contribution in [2.45, 2.75) is 51.8 Å². The summed E-state index contributed by atoms with van der Waals surface area (Å²) in [6.07, 6.45) is 3.83. The predicted octanol–water partition coefficient (Wildman–Crippen LogP) is 1.46. The van der Waals surface area contributed by atoms with Crippen LogP contribution in [-0.2, 0) is 22.5 Å². The molecule has 116 valence electrons. The molecule has 1 saturated heterocycles. The van der Waals surface area contributed by atoms with Gasteiger partial charge in [0.2, 0.25) is 5.91 Å². The number of thiazole rings is 1. The second kappa shape index (κ2) is 5.04. The molecule has 1 aliphatic heterocycles. The van der Waals surface area contributed by atoms with Gasteiger partial charge in [0.1, 0.15) is 10.5 Å². The minimum atomic E-state index is -0.834. The van der Waals surface area contributed by atoms with Crippen LogP contribution in [0.15, 0.2) is 6.20 Å². The Balaban J connectivity index is 1.67. The van der Waals surface area contributed by atoms with Gasteiger partial charge in [-0.15, -0.1) is 11.3 Å². The topological polar surface area (TPSA) is 77.2 Å². The average molecular weight is 309 g/mol. The number of ether oxygens (including phenoxy) is 1. The number of rotatable bonds is 4. The first-order valence-corrected chi connectivity index (χ1v) is 8.35. The molecule has 3 N–H and O–H groups in total. The van der Waals surface area contributed by atoms with Gasteiger partial charge in [-0.25, -0.2) is 4.98 Å². The van der Waals surface area contributed by atoms with E-state index in [0.29, 0.717) is 13.2 Å². The van der Waals surface area contributed by atoms with Crippen molar-refractivity contribution in [3.05, 3.63) is 16.1 Å². The fraction of sp³-hybridized carbons (Fsp3) is 0.733. The Morgan fingerprint density at radius 2 is 2.38 bits per heavy atom. The quantitative estimate of drug-likeness (QED) is 0.883. The predicted molar refractivity (Wildman–Crippen MR) is 81.9 cm³/mol. The fourth-order valence-corrected chi connectivity index (χ4v) is 4.54. The van der Waals surface area contributed by atoms with Crippen molar-refractivity contribution in [1.82, 2.24) is 10.3 Å². The smallest absolute Gasteiger partial charge is 0.241 e. The maximum atomic E-state index is 12.6. The number of nitrogens with zero attached hydrogens (tertiary/aromatic N) is 1. The summed E-state index contributed by atoms with van der Waals surface area (Å²) >= 11 is 1.64. The highest BCUT2D eigenvalue weighted by Crippen LogP contribution is 2.58. The first-order valence-electron chi connectivity index (χ1n) is 7.53. The Morgan fingerprint density at radius 1 is 1.62 bits per heavy atom. The number of carbonyl (C=O) groups excluding carboxylic acids is 1. The third kappa shape index (κ3) is 2.04. The standard InChI is InChI=1S/C15H23N3O2S/c1-4-9-7-17-11(21-9)8-18-13(19)15(16)10-5-6-20-12(10)14(15,2)3/h7,10,12H,4-6,8,16H2,1-3H3,(H,18,19). The maximum Gasteiger partial charge on any atom is 0.241 e. The van der Waals surface area contributed by atoms with Gasteiger partial charge in [-0.3, -0.25) is 4.79 Å². The Hall–Kier alpha value is -0.980. The Kier molecular flexibility index (Phi) is 3.58. The molecule has 1 saturated carbocycles. The molecular formula is C15H23N3O2S. The van der Waals surface area contributed by atoms with Crippen LogP contribution in [0.25, 0.3) is 0 Å². The molecule has 1 aromatic rings. The number of hydrogen-bond acceptors (Lipinski definition) is 5. The van der Waals surface area contributed by atoms with Crippen LogP contribution >= 0.6 is 11.3 Å². The molecule has 1 aliphatic carbocycles. The molecule has 1 aromatic heterocycles. The van der Waals surface area contributed by atoms with Gasteiger partial charge >= 0.3 is 0 Å². The summed E-state index contributed by atoms with van der Waals surface area (Å²) in [7, 11) is 0. The van der Waals surface area contributed by atoms with E-state index in [0.717, 1.165) is 17.8 Å². The molecule has 21 heavy (non-hydrogen) atoms. The SMILES string of the molecule is CCc1cnc(CNC(=O)C2(N)C3CCOC3C2(C)C)s1. The summed E-state index contributed by atoms with van der Waals surface area (Å²) in [6, 6.07) is 0. The van der Waals surface area contributed by atoms with Gasteiger partial charge < -0.3 is 15.8 Å². The molecule has 0 spiro atoms. The lowest BCUT2D eigenvalue weighted by Crippen LogP contribution is -2.80. The lowest BCUT2D eigenvalue weighted by molar-refractivity contribution is -0.175. The molecule has 6 heteroatoms. The van der Waals surface area contributed by atoms with Crippen LogP contribution in [0.3, 0.4) is 0 Å². The lowest BCUT2D eigenvalue weighted by atomic mass is 9.48. The highest BCUT2D eigenvalue weighted by molar-refractivity contribution is 7.11. The largest absolute Gasteiger partial charge is 0.377 e. The minimum Gasteiger partial charge on any atom is -0.377 e. The van der Waals surface area contributed by atoms with Gasteiger partial charge in [-0.05, 0) is 12.8 Å². The first-order chi connectivity index (χ1) is 9.91. The summed E-state index contributed by atoms with van der Waals surface area (Å²) in [5, 5.41) is 3.91. The van der Waals surface area contributed by atoms with Gasteiger partial charge in [-0.1, -0.05) is 20.8 Å². The average Bonchev–Trinajstić information content (AvgIpc) is 3.11. The van der Waals surface area contributed by atoms with E-state index in [-0.39, 0.29) is 23.3 Å². The van der Waals surface area contributed by atoms with E-state index in [9.17, 15) is 4.79 Å².